The normalized spacial score (nSPS) is 35.0. The van der Waals surface area contributed by atoms with E-state index in [1.54, 1.807) is 8.61 Å². The van der Waals surface area contributed by atoms with Gasteiger partial charge in [0.05, 0.1) is 0 Å². The number of nitrogens with one attached hydrogen (secondary N) is 1. The van der Waals surface area contributed by atoms with Gasteiger partial charge in [0.2, 0.25) is 0 Å². The minimum atomic E-state index is -3.28. The fourth-order valence-electron chi connectivity index (χ4n) is 4.29. The number of hydrogen-bond acceptors (Lipinski definition) is 3. The average molecular weight is 315 g/mol. The third-order valence-corrected chi connectivity index (χ3v) is 7.52. The minimum Gasteiger partial charge on any atom is -0.311 e. The van der Waals surface area contributed by atoms with Crippen molar-refractivity contribution in [1.82, 2.24) is 13.9 Å². The summed E-state index contributed by atoms with van der Waals surface area (Å²) in [5.74, 6) is 0. The molecule has 0 aliphatic carbocycles. The van der Waals surface area contributed by atoms with Crippen molar-refractivity contribution in [3.05, 3.63) is 0 Å². The van der Waals surface area contributed by atoms with Crippen LogP contribution < -0.4 is 5.32 Å². The third-order valence-electron chi connectivity index (χ3n) is 5.35. The maximum absolute atomic E-state index is 13.0. The van der Waals surface area contributed by atoms with E-state index in [-0.39, 0.29) is 6.04 Å². The minimum absolute atomic E-state index is 0.196. The van der Waals surface area contributed by atoms with Gasteiger partial charge in [-0.3, -0.25) is 0 Å². The zero-order valence-electron chi connectivity index (χ0n) is 13.1. The molecule has 3 rings (SSSR count). The Morgan fingerprint density at radius 3 is 2.14 bits per heavy atom. The van der Waals surface area contributed by atoms with E-state index in [9.17, 15) is 8.42 Å². The summed E-state index contributed by atoms with van der Waals surface area (Å²) in [5.41, 5.74) is 0. The molecule has 3 saturated heterocycles. The Hall–Kier alpha value is -0.170. The molecular weight excluding hydrogens is 286 g/mol. The van der Waals surface area contributed by atoms with Crippen LogP contribution in [0.1, 0.15) is 58.3 Å². The van der Waals surface area contributed by atoms with E-state index in [0.29, 0.717) is 31.7 Å². The number of rotatable bonds is 4. The number of hydrogen-bond donors (Lipinski definition) is 1. The van der Waals surface area contributed by atoms with Gasteiger partial charge >= 0.3 is 0 Å². The smallest absolute Gasteiger partial charge is 0.282 e. The zero-order chi connectivity index (χ0) is 14.9. The van der Waals surface area contributed by atoms with Crippen molar-refractivity contribution in [2.45, 2.75) is 76.4 Å². The van der Waals surface area contributed by atoms with Crippen molar-refractivity contribution in [3.8, 4) is 0 Å². The van der Waals surface area contributed by atoms with Crippen molar-refractivity contribution in [2.24, 2.45) is 0 Å². The Morgan fingerprint density at radius 1 is 1.05 bits per heavy atom. The number of nitrogens with zero attached hydrogens (tertiary/aromatic N) is 2. The Balaban J connectivity index is 1.74. The summed E-state index contributed by atoms with van der Waals surface area (Å²) in [7, 11) is -3.28. The molecule has 3 heterocycles. The van der Waals surface area contributed by atoms with Crippen LogP contribution in [0.3, 0.4) is 0 Å². The molecule has 3 fully saturated rings. The average Bonchev–Trinajstić information content (AvgIpc) is 2.69. The first kappa shape index (κ1) is 15.7. The quantitative estimate of drug-likeness (QED) is 0.859. The topological polar surface area (TPSA) is 52.7 Å². The molecular formula is C15H29N3O2S. The van der Waals surface area contributed by atoms with Gasteiger partial charge in [-0.05, 0) is 38.5 Å². The molecule has 21 heavy (non-hydrogen) atoms. The Morgan fingerprint density at radius 2 is 1.62 bits per heavy atom. The molecule has 2 atom stereocenters. The first-order chi connectivity index (χ1) is 10.1. The zero-order valence-corrected chi connectivity index (χ0v) is 13.9. The second-order valence-electron chi connectivity index (χ2n) is 6.79. The highest BCUT2D eigenvalue weighted by Gasteiger charge is 2.41. The van der Waals surface area contributed by atoms with Gasteiger partial charge in [-0.2, -0.15) is 17.0 Å². The lowest BCUT2D eigenvalue weighted by Crippen LogP contribution is -2.54. The first-order valence-electron chi connectivity index (χ1n) is 8.64. The van der Waals surface area contributed by atoms with Crippen LogP contribution in [0.5, 0.6) is 0 Å². The molecule has 0 aromatic carbocycles. The lowest BCUT2D eigenvalue weighted by atomic mass is 10.00. The summed E-state index contributed by atoms with van der Waals surface area (Å²) in [5, 5.41) is 3.61. The molecule has 0 saturated carbocycles. The fraction of sp³-hybridized carbons (Fsp3) is 1.00. The Kier molecular flexibility index (Phi) is 4.88. The summed E-state index contributed by atoms with van der Waals surface area (Å²) in [4.78, 5) is 0. The molecule has 0 radical (unpaired) electrons. The summed E-state index contributed by atoms with van der Waals surface area (Å²) in [6.45, 7) is 4.00. The molecule has 3 aliphatic heterocycles. The Bertz CT molecular complexity index is 434. The highest BCUT2D eigenvalue weighted by Crippen LogP contribution is 2.31. The third kappa shape index (κ3) is 3.28. The molecule has 0 spiro atoms. The van der Waals surface area contributed by atoms with Crippen molar-refractivity contribution < 1.29 is 8.42 Å². The summed E-state index contributed by atoms with van der Waals surface area (Å²) in [6, 6.07) is 1.26. The van der Waals surface area contributed by atoms with Crippen molar-refractivity contribution in [3.63, 3.8) is 0 Å². The van der Waals surface area contributed by atoms with Gasteiger partial charge < -0.3 is 5.32 Å². The molecule has 2 bridgehead atoms. The maximum Gasteiger partial charge on any atom is 0.282 e. The van der Waals surface area contributed by atoms with Crippen molar-refractivity contribution in [2.75, 3.05) is 19.6 Å². The highest BCUT2D eigenvalue weighted by atomic mass is 32.2. The standard InChI is InChI=1S/C15H29N3O2S/c1-2-18(15-11-13-7-8-14(12-15)16-13)21(19,20)17-9-5-3-4-6-10-17/h13-16H,2-12H2,1H3. The lowest BCUT2D eigenvalue weighted by Gasteiger charge is -2.38. The van der Waals surface area contributed by atoms with Crippen LogP contribution in [0.25, 0.3) is 0 Å². The summed E-state index contributed by atoms with van der Waals surface area (Å²) < 4.78 is 29.6. The molecule has 3 aliphatic rings. The van der Waals surface area contributed by atoms with Crippen LogP contribution in [0.2, 0.25) is 0 Å². The SMILES string of the molecule is CCN(C1CC2CCC(C1)N2)S(=O)(=O)N1CCCCCC1. The van der Waals surface area contributed by atoms with Crippen molar-refractivity contribution >= 4 is 10.2 Å². The van der Waals surface area contributed by atoms with E-state index < -0.39 is 10.2 Å². The van der Waals surface area contributed by atoms with Gasteiger partial charge in [-0.1, -0.05) is 19.8 Å². The summed E-state index contributed by atoms with van der Waals surface area (Å²) in [6.07, 6.45) is 8.73. The van der Waals surface area contributed by atoms with Gasteiger partial charge in [0.1, 0.15) is 0 Å². The Labute approximate surface area is 129 Å². The van der Waals surface area contributed by atoms with E-state index in [1.807, 2.05) is 6.92 Å². The van der Waals surface area contributed by atoms with E-state index in [0.717, 1.165) is 38.5 Å². The van der Waals surface area contributed by atoms with E-state index in [1.165, 1.54) is 12.8 Å². The van der Waals surface area contributed by atoms with Gasteiger partial charge in [-0.15, -0.1) is 0 Å². The van der Waals surface area contributed by atoms with Crippen molar-refractivity contribution in [1.29, 1.82) is 0 Å². The molecule has 122 valence electrons. The highest BCUT2D eigenvalue weighted by molar-refractivity contribution is 7.86. The van der Waals surface area contributed by atoms with E-state index in [2.05, 4.69) is 5.32 Å². The molecule has 2 unspecified atom stereocenters. The number of fused-ring (bicyclic) bond motifs is 2. The predicted molar refractivity (Wildman–Crippen MR) is 84.3 cm³/mol. The van der Waals surface area contributed by atoms with Gasteiger partial charge in [0, 0.05) is 37.8 Å². The second-order valence-corrected chi connectivity index (χ2v) is 8.67. The molecule has 0 amide bonds. The predicted octanol–water partition coefficient (Wildman–Crippen LogP) is 1.71. The first-order valence-corrected chi connectivity index (χ1v) is 10.0. The van der Waals surface area contributed by atoms with Crippen LogP contribution >= 0.6 is 0 Å². The molecule has 6 heteroatoms. The molecule has 0 aromatic heterocycles. The molecule has 5 nitrogen and oxygen atoms in total. The monoisotopic (exact) mass is 315 g/mol. The second kappa shape index (κ2) is 6.52. The summed E-state index contributed by atoms with van der Waals surface area (Å²) >= 11 is 0. The van der Waals surface area contributed by atoms with Crippen LogP contribution in [0.4, 0.5) is 0 Å². The van der Waals surface area contributed by atoms with Crippen LogP contribution in [-0.4, -0.2) is 54.8 Å². The molecule has 1 N–H and O–H groups in total. The fourth-order valence-corrected chi connectivity index (χ4v) is 6.18. The van der Waals surface area contributed by atoms with E-state index >= 15 is 0 Å². The van der Waals surface area contributed by atoms with Gasteiger partial charge in [0.25, 0.3) is 10.2 Å². The van der Waals surface area contributed by atoms with Gasteiger partial charge in [-0.25, -0.2) is 0 Å². The van der Waals surface area contributed by atoms with Crippen LogP contribution in [-0.2, 0) is 10.2 Å². The number of piperidine rings is 1. The lowest BCUT2D eigenvalue weighted by molar-refractivity contribution is 0.218. The molecule has 0 aromatic rings. The largest absolute Gasteiger partial charge is 0.311 e. The van der Waals surface area contributed by atoms with Gasteiger partial charge in [0.15, 0.2) is 0 Å². The van der Waals surface area contributed by atoms with Crippen LogP contribution in [0.15, 0.2) is 0 Å². The van der Waals surface area contributed by atoms with E-state index in [4.69, 9.17) is 0 Å². The maximum atomic E-state index is 13.0. The van der Waals surface area contributed by atoms with Crippen LogP contribution in [0, 0.1) is 0 Å².